The number of hydrogen-bond acceptors (Lipinski definition) is 5. The first-order chi connectivity index (χ1) is 12.0. The number of rotatable bonds is 6. The maximum Gasteiger partial charge on any atom is 0.262 e. The molecule has 8 heteroatoms. The molecule has 1 aromatic carbocycles. The average Bonchev–Trinajstić information content (AvgIpc) is 3.42. The molecule has 1 aromatic heterocycles. The lowest BCUT2D eigenvalue weighted by atomic mass is 10.2. The van der Waals surface area contributed by atoms with E-state index < -0.39 is 0 Å². The van der Waals surface area contributed by atoms with Crippen LogP contribution in [0.25, 0.3) is 10.9 Å². The second-order valence-electron chi connectivity index (χ2n) is 6.17. The number of hydrogen-bond donors (Lipinski definition) is 1. The van der Waals surface area contributed by atoms with Gasteiger partial charge in [-0.2, -0.15) is 0 Å². The Morgan fingerprint density at radius 1 is 1.32 bits per heavy atom. The van der Waals surface area contributed by atoms with Gasteiger partial charge in [0.15, 0.2) is 5.16 Å². The van der Waals surface area contributed by atoms with Crippen LogP contribution in [0.4, 0.5) is 0 Å². The molecule has 0 bridgehead atoms. The maximum atomic E-state index is 12.7. The van der Waals surface area contributed by atoms with E-state index in [2.05, 4.69) is 10.3 Å². The number of carbonyl (C=O) groups excluding carboxylic acids is 2. The van der Waals surface area contributed by atoms with Gasteiger partial charge in [0.1, 0.15) is 0 Å². The number of benzene rings is 1. The topological polar surface area (TPSA) is 84.3 Å². The lowest BCUT2D eigenvalue weighted by molar-refractivity contribution is -0.130. The Hall–Kier alpha value is -2.35. The van der Waals surface area contributed by atoms with Crippen LogP contribution in [0.3, 0.4) is 0 Å². The Kier molecular flexibility index (Phi) is 5.08. The van der Waals surface area contributed by atoms with Crippen molar-refractivity contribution in [1.29, 1.82) is 0 Å². The minimum atomic E-state index is -0.259. The van der Waals surface area contributed by atoms with Crippen molar-refractivity contribution in [3.8, 4) is 0 Å². The molecule has 1 heterocycles. The summed E-state index contributed by atoms with van der Waals surface area (Å²) in [6.07, 6.45) is 1.91. The number of para-hydroxylation sites is 1. The highest BCUT2D eigenvalue weighted by atomic mass is 32.2. The number of fused-ring (bicyclic) bond motifs is 1. The van der Waals surface area contributed by atoms with Gasteiger partial charge in [-0.15, -0.1) is 0 Å². The Morgan fingerprint density at radius 3 is 2.72 bits per heavy atom. The normalized spacial score (nSPS) is 13.7. The molecular weight excluding hydrogens is 340 g/mol. The number of nitrogens with one attached hydrogen (secondary N) is 1. The quantitative estimate of drug-likeness (QED) is 0.614. The SMILES string of the molecule is CN(C)C(=O)CNC(=O)CSc1nc2ccccc2c(=O)n1C1CC1. The van der Waals surface area contributed by atoms with Crippen molar-refractivity contribution in [3.05, 3.63) is 34.6 Å². The van der Waals surface area contributed by atoms with E-state index in [1.165, 1.54) is 16.7 Å². The Balaban J connectivity index is 1.75. The van der Waals surface area contributed by atoms with Crippen LogP contribution in [0.5, 0.6) is 0 Å². The summed E-state index contributed by atoms with van der Waals surface area (Å²) >= 11 is 1.23. The third-order valence-electron chi connectivity index (χ3n) is 3.96. The van der Waals surface area contributed by atoms with Crippen LogP contribution in [-0.4, -0.2) is 52.7 Å². The van der Waals surface area contributed by atoms with E-state index in [-0.39, 0.29) is 35.7 Å². The molecule has 7 nitrogen and oxygen atoms in total. The molecule has 1 saturated carbocycles. The smallest absolute Gasteiger partial charge is 0.262 e. The molecule has 25 heavy (non-hydrogen) atoms. The highest BCUT2D eigenvalue weighted by Crippen LogP contribution is 2.36. The fourth-order valence-corrected chi connectivity index (χ4v) is 3.29. The van der Waals surface area contributed by atoms with Gasteiger partial charge in [-0.3, -0.25) is 19.0 Å². The molecule has 2 aromatic rings. The lowest BCUT2D eigenvalue weighted by Crippen LogP contribution is -2.37. The fraction of sp³-hybridized carbons (Fsp3) is 0.412. The summed E-state index contributed by atoms with van der Waals surface area (Å²) < 4.78 is 1.70. The highest BCUT2D eigenvalue weighted by molar-refractivity contribution is 7.99. The molecule has 1 fully saturated rings. The molecule has 1 aliphatic rings. The number of aromatic nitrogens is 2. The summed E-state index contributed by atoms with van der Waals surface area (Å²) in [6, 6.07) is 7.41. The summed E-state index contributed by atoms with van der Waals surface area (Å²) in [5.74, 6) is -0.319. The molecule has 1 aliphatic carbocycles. The van der Waals surface area contributed by atoms with Crippen LogP contribution in [-0.2, 0) is 9.59 Å². The molecule has 2 amide bonds. The molecule has 3 rings (SSSR count). The highest BCUT2D eigenvalue weighted by Gasteiger charge is 2.28. The van der Waals surface area contributed by atoms with Gasteiger partial charge in [-0.05, 0) is 25.0 Å². The second kappa shape index (κ2) is 7.26. The average molecular weight is 360 g/mol. The predicted octanol–water partition coefficient (Wildman–Crippen LogP) is 1.03. The van der Waals surface area contributed by atoms with E-state index >= 15 is 0 Å². The van der Waals surface area contributed by atoms with E-state index in [1.54, 1.807) is 30.8 Å². The predicted molar refractivity (Wildman–Crippen MR) is 96.7 cm³/mol. The van der Waals surface area contributed by atoms with Gasteiger partial charge < -0.3 is 10.2 Å². The van der Waals surface area contributed by atoms with Crippen molar-refractivity contribution in [1.82, 2.24) is 19.8 Å². The largest absolute Gasteiger partial charge is 0.347 e. The number of amides is 2. The Bertz CT molecular complexity index is 874. The van der Waals surface area contributed by atoms with E-state index in [0.717, 1.165) is 12.8 Å². The monoisotopic (exact) mass is 360 g/mol. The lowest BCUT2D eigenvalue weighted by Gasteiger charge is -2.13. The Labute approximate surface area is 149 Å². The first-order valence-electron chi connectivity index (χ1n) is 8.08. The van der Waals surface area contributed by atoms with Crippen LogP contribution in [0.15, 0.2) is 34.2 Å². The molecule has 1 N–H and O–H groups in total. The van der Waals surface area contributed by atoms with Crippen molar-refractivity contribution in [2.75, 3.05) is 26.4 Å². The van der Waals surface area contributed by atoms with Crippen molar-refractivity contribution >= 4 is 34.5 Å². The van der Waals surface area contributed by atoms with Crippen LogP contribution >= 0.6 is 11.8 Å². The molecular formula is C17H20N4O3S. The molecule has 0 unspecified atom stereocenters. The van der Waals surface area contributed by atoms with Crippen LogP contribution < -0.4 is 10.9 Å². The molecule has 0 atom stereocenters. The third kappa shape index (κ3) is 4.01. The summed E-state index contributed by atoms with van der Waals surface area (Å²) in [5, 5.41) is 3.74. The number of carbonyl (C=O) groups is 2. The summed E-state index contributed by atoms with van der Waals surface area (Å²) in [5.41, 5.74) is 0.578. The van der Waals surface area contributed by atoms with E-state index in [4.69, 9.17) is 0 Å². The summed E-state index contributed by atoms with van der Waals surface area (Å²) in [6.45, 7) is -0.0347. The first kappa shape index (κ1) is 17.5. The minimum Gasteiger partial charge on any atom is -0.347 e. The molecule has 0 aliphatic heterocycles. The van der Waals surface area contributed by atoms with Gasteiger partial charge in [0, 0.05) is 20.1 Å². The van der Waals surface area contributed by atoms with Gasteiger partial charge in [0.05, 0.1) is 23.2 Å². The first-order valence-corrected chi connectivity index (χ1v) is 9.07. The number of likely N-dealkylation sites (N-methyl/N-ethyl adjacent to an activating group) is 1. The van der Waals surface area contributed by atoms with E-state index in [1.807, 2.05) is 12.1 Å². The zero-order valence-corrected chi connectivity index (χ0v) is 15.0. The summed E-state index contributed by atoms with van der Waals surface area (Å²) in [4.78, 5) is 42.2. The fourth-order valence-electron chi connectivity index (χ4n) is 2.40. The zero-order chi connectivity index (χ0) is 18.0. The molecule has 0 saturated heterocycles. The molecule has 132 valence electrons. The number of thioether (sulfide) groups is 1. The van der Waals surface area contributed by atoms with Gasteiger partial charge in [-0.25, -0.2) is 4.98 Å². The van der Waals surface area contributed by atoms with E-state index in [0.29, 0.717) is 16.1 Å². The second-order valence-corrected chi connectivity index (χ2v) is 7.11. The van der Waals surface area contributed by atoms with Gasteiger partial charge in [-0.1, -0.05) is 23.9 Å². The minimum absolute atomic E-state index is 0.0347. The van der Waals surface area contributed by atoms with Gasteiger partial charge >= 0.3 is 0 Å². The zero-order valence-electron chi connectivity index (χ0n) is 14.2. The van der Waals surface area contributed by atoms with Crippen LogP contribution in [0.2, 0.25) is 0 Å². The maximum absolute atomic E-state index is 12.7. The molecule has 0 spiro atoms. The van der Waals surface area contributed by atoms with Crippen LogP contribution in [0, 0.1) is 0 Å². The Morgan fingerprint density at radius 2 is 2.04 bits per heavy atom. The van der Waals surface area contributed by atoms with E-state index in [9.17, 15) is 14.4 Å². The van der Waals surface area contributed by atoms with Gasteiger partial charge in [0.25, 0.3) is 5.56 Å². The standard InChI is InChI=1S/C17H20N4O3S/c1-20(2)15(23)9-18-14(22)10-25-17-19-13-6-4-3-5-12(13)16(24)21(17)11-7-8-11/h3-6,11H,7-10H2,1-2H3,(H,18,22). The van der Waals surface area contributed by atoms with Crippen molar-refractivity contribution in [2.45, 2.75) is 24.0 Å². The summed E-state index contributed by atoms with van der Waals surface area (Å²) in [7, 11) is 3.27. The third-order valence-corrected chi connectivity index (χ3v) is 4.91. The van der Waals surface area contributed by atoms with Crippen LogP contribution in [0.1, 0.15) is 18.9 Å². The van der Waals surface area contributed by atoms with Crippen molar-refractivity contribution in [3.63, 3.8) is 0 Å². The van der Waals surface area contributed by atoms with Gasteiger partial charge in [0.2, 0.25) is 11.8 Å². The number of nitrogens with zero attached hydrogens (tertiary/aromatic N) is 3. The molecule has 0 radical (unpaired) electrons. The van der Waals surface area contributed by atoms with Crippen molar-refractivity contribution in [2.24, 2.45) is 0 Å². The van der Waals surface area contributed by atoms with Crippen molar-refractivity contribution < 1.29 is 9.59 Å².